The van der Waals surface area contributed by atoms with Crippen molar-refractivity contribution in [2.45, 2.75) is 26.3 Å². The number of hydrogen-bond acceptors (Lipinski definition) is 3. The van der Waals surface area contributed by atoms with E-state index in [1.54, 1.807) is 0 Å². The lowest BCUT2D eigenvalue weighted by molar-refractivity contribution is -0.121. The summed E-state index contributed by atoms with van der Waals surface area (Å²) in [5, 5.41) is 4.35. The van der Waals surface area contributed by atoms with E-state index in [9.17, 15) is 4.79 Å². The smallest absolute Gasteiger partial charge is 0.228 e. The number of rotatable bonds is 6. The van der Waals surface area contributed by atoms with E-state index in [4.69, 9.17) is 27.9 Å². The van der Waals surface area contributed by atoms with Gasteiger partial charge in [0.1, 0.15) is 5.75 Å². The van der Waals surface area contributed by atoms with Crippen LogP contribution in [-0.2, 0) is 11.3 Å². The fraction of sp³-hybridized carbons (Fsp3) is 0.381. The van der Waals surface area contributed by atoms with Crippen molar-refractivity contribution in [1.82, 2.24) is 4.90 Å². The Kier molecular flexibility index (Phi) is 7.00. The fourth-order valence-electron chi connectivity index (χ4n) is 3.37. The van der Waals surface area contributed by atoms with Gasteiger partial charge in [-0.05, 0) is 62.7 Å². The molecular weight excluding hydrogens is 383 g/mol. The Bertz CT molecular complexity index is 760. The van der Waals surface area contributed by atoms with Gasteiger partial charge < -0.3 is 10.1 Å². The summed E-state index contributed by atoms with van der Waals surface area (Å²) in [4.78, 5) is 14.9. The second-order valence-electron chi connectivity index (χ2n) is 6.72. The molecule has 1 atom stereocenters. The van der Waals surface area contributed by atoms with Gasteiger partial charge in [0.05, 0.1) is 12.5 Å². The third-order valence-corrected chi connectivity index (χ3v) is 5.46. The number of ether oxygens (including phenoxy) is 1. The molecule has 0 saturated carbocycles. The van der Waals surface area contributed by atoms with Gasteiger partial charge in [0, 0.05) is 34.4 Å². The lowest BCUT2D eigenvalue weighted by Gasteiger charge is -2.32. The van der Waals surface area contributed by atoms with Crippen LogP contribution in [0, 0.1) is 5.92 Å². The Morgan fingerprint density at radius 3 is 2.56 bits per heavy atom. The van der Waals surface area contributed by atoms with Crippen LogP contribution in [0.1, 0.15) is 25.3 Å². The van der Waals surface area contributed by atoms with Crippen LogP contribution in [0.25, 0.3) is 0 Å². The number of halogens is 2. The molecule has 144 valence electrons. The van der Waals surface area contributed by atoms with Crippen LogP contribution in [0.3, 0.4) is 0 Å². The molecule has 1 aliphatic rings. The molecule has 27 heavy (non-hydrogen) atoms. The van der Waals surface area contributed by atoms with Crippen molar-refractivity contribution < 1.29 is 9.53 Å². The van der Waals surface area contributed by atoms with E-state index in [1.165, 1.54) is 0 Å². The van der Waals surface area contributed by atoms with Gasteiger partial charge in [-0.15, -0.1) is 0 Å². The lowest BCUT2D eigenvalue weighted by atomic mass is 9.96. The second kappa shape index (κ2) is 9.45. The third-order valence-electron chi connectivity index (χ3n) is 4.75. The van der Waals surface area contributed by atoms with Crippen LogP contribution in [-0.4, -0.2) is 30.5 Å². The predicted molar refractivity (Wildman–Crippen MR) is 111 cm³/mol. The maximum absolute atomic E-state index is 12.7. The molecule has 1 aliphatic heterocycles. The van der Waals surface area contributed by atoms with Crippen molar-refractivity contribution in [3.8, 4) is 5.75 Å². The van der Waals surface area contributed by atoms with Crippen LogP contribution < -0.4 is 10.1 Å². The Labute approximate surface area is 170 Å². The zero-order chi connectivity index (χ0) is 19.2. The first-order chi connectivity index (χ1) is 13.1. The summed E-state index contributed by atoms with van der Waals surface area (Å²) in [5.41, 5.74) is 1.71. The van der Waals surface area contributed by atoms with Crippen molar-refractivity contribution in [2.24, 2.45) is 5.92 Å². The van der Waals surface area contributed by atoms with Gasteiger partial charge in [0.15, 0.2) is 0 Å². The average molecular weight is 407 g/mol. The van der Waals surface area contributed by atoms with Gasteiger partial charge in [0.2, 0.25) is 5.91 Å². The van der Waals surface area contributed by atoms with Gasteiger partial charge in [-0.1, -0.05) is 29.3 Å². The van der Waals surface area contributed by atoms with E-state index < -0.39 is 0 Å². The minimum atomic E-state index is -0.0495. The largest absolute Gasteiger partial charge is 0.494 e. The number of anilines is 1. The number of carbonyl (C=O) groups is 1. The highest BCUT2D eigenvalue weighted by atomic mass is 35.5. The molecule has 0 aliphatic carbocycles. The van der Waals surface area contributed by atoms with E-state index in [-0.39, 0.29) is 11.8 Å². The highest BCUT2D eigenvalue weighted by molar-refractivity contribution is 6.35. The second-order valence-corrected chi connectivity index (χ2v) is 7.54. The lowest BCUT2D eigenvalue weighted by Crippen LogP contribution is -2.40. The zero-order valence-corrected chi connectivity index (χ0v) is 16.9. The number of nitrogens with zero attached hydrogens (tertiary/aromatic N) is 1. The van der Waals surface area contributed by atoms with Gasteiger partial charge >= 0.3 is 0 Å². The third kappa shape index (κ3) is 5.38. The molecule has 3 rings (SSSR count). The SMILES string of the molecule is CCOc1ccc(NC(=O)C2CCCN(Cc3c(Cl)cccc3Cl)C2)cc1. The monoisotopic (exact) mass is 406 g/mol. The van der Waals surface area contributed by atoms with Gasteiger partial charge in [0.25, 0.3) is 0 Å². The van der Waals surface area contributed by atoms with Crippen molar-refractivity contribution in [1.29, 1.82) is 0 Å². The molecule has 0 radical (unpaired) electrons. The number of hydrogen-bond donors (Lipinski definition) is 1. The van der Waals surface area contributed by atoms with Crippen LogP contribution in [0.2, 0.25) is 10.0 Å². The van der Waals surface area contributed by atoms with Crippen molar-refractivity contribution in [3.05, 3.63) is 58.1 Å². The first-order valence-electron chi connectivity index (χ1n) is 9.25. The number of likely N-dealkylation sites (tertiary alicyclic amines) is 1. The standard InChI is InChI=1S/C21H24Cl2N2O2/c1-2-27-17-10-8-16(9-11-17)24-21(26)15-5-4-12-25(13-15)14-18-19(22)6-3-7-20(18)23/h3,6-11,15H,2,4-5,12-14H2,1H3,(H,24,26). The van der Waals surface area contributed by atoms with Crippen LogP contribution >= 0.6 is 23.2 Å². The molecule has 4 nitrogen and oxygen atoms in total. The summed E-state index contributed by atoms with van der Waals surface area (Å²) < 4.78 is 5.43. The Hall–Kier alpha value is -1.75. The van der Waals surface area contributed by atoms with E-state index in [1.807, 2.05) is 49.4 Å². The number of benzene rings is 2. The highest BCUT2D eigenvalue weighted by Gasteiger charge is 2.26. The quantitative estimate of drug-likeness (QED) is 0.712. The number of nitrogens with one attached hydrogen (secondary N) is 1. The normalized spacial score (nSPS) is 17.5. The molecule has 1 saturated heterocycles. The average Bonchev–Trinajstić information content (AvgIpc) is 2.67. The van der Waals surface area contributed by atoms with Crippen molar-refractivity contribution in [2.75, 3.05) is 25.0 Å². The Morgan fingerprint density at radius 1 is 1.19 bits per heavy atom. The molecule has 6 heteroatoms. The number of amides is 1. The topological polar surface area (TPSA) is 41.6 Å². The van der Waals surface area contributed by atoms with Crippen LogP contribution in [0.15, 0.2) is 42.5 Å². The maximum Gasteiger partial charge on any atom is 0.228 e. The van der Waals surface area contributed by atoms with Crippen LogP contribution in [0.4, 0.5) is 5.69 Å². The predicted octanol–water partition coefficient (Wildman–Crippen LogP) is 5.24. The van der Waals surface area contributed by atoms with Crippen molar-refractivity contribution >= 4 is 34.8 Å². The maximum atomic E-state index is 12.7. The molecule has 0 aromatic heterocycles. The van der Waals surface area contributed by atoms with Crippen LogP contribution in [0.5, 0.6) is 5.75 Å². The minimum absolute atomic E-state index is 0.0495. The van der Waals surface area contributed by atoms with Gasteiger partial charge in [-0.25, -0.2) is 0 Å². The molecule has 1 amide bonds. The Balaban J connectivity index is 1.59. The van der Waals surface area contributed by atoms with Crippen molar-refractivity contribution in [3.63, 3.8) is 0 Å². The Morgan fingerprint density at radius 2 is 1.89 bits per heavy atom. The molecule has 2 aromatic carbocycles. The summed E-state index contributed by atoms with van der Waals surface area (Å²) in [6.07, 6.45) is 1.86. The summed E-state index contributed by atoms with van der Waals surface area (Å²) in [6.45, 7) is 4.86. The molecule has 0 spiro atoms. The van der Waals surface area contributed by atoms with E-state index in [0.717, 1.165) is 36.4 Å². The van der Waals surface area contributed by atoms with Gasteiger partial charge in [-0.3, -0.25) is 9.69 Å². The number of carbonyl (C=O) groups excluding carboxylic acids is 1. The van der Waals surface area contributed by atoms with E-state index in [2.05, 4.69) is 10.2 Å². The first kappa shape index (κ1) is 20.0. The summed E-state index contributed by atoms with van der Waals surface area (Å²) in [6, 6.07) is 13.0. The summed E-state index contributed by atoms with van der Waals surface area (Å²) in [7, 11) is 0. The van der Waals surface area contributed by atoms with Gasteiger partial charge in [-0.2, -0.15) is 0 Å². The molecule has 1 fully saturated rings. The fourth-order valence-corrected chi connectivity index (χ4v) is 3.88. The first-order valence-corrected chi connectivity index (χ1v) is 10.0. The summed E-state index contributed by atoms with van der Waals surface area (Å²) >= 11 is 12.6. The summed E-state index contributed by atoms with van der Waals surface area (Å²) in [5.74, 6) is 0.802. The molecule has 1 heterocycles. The molecule has 1 N–H and O–H groups in total. The molecule has 0 bridgehead atoms. The van der Waals surface area contributed by atoms with E-state index in [0.29, 0.717) is 29.7 Å². The van der Waals surface area contributed by atoms with E-state index >= 15 is 0 Å². The zero-order valence-electron chi connectivity index (χ0n) is 15.4. The molecular formula is C21H24Cl2N2O2. The minimum Gasteiger partial charge on any atom is -0.494 e. The highest BCUT2D eigenvalue weighted by Crippen LogP contribution is 2.28. The number of piperidine rings is 1. The molecule has 1 unspecified atom stereocenters. The molecule has 2 aromatic rings.